The molecule has 10 heavy (non-hydrogen) atoms. The van der Waals surface area contributed by atoms with Gasteiger partial charge in [0.25, 0.3) is 12.8 Å². The Morgan fingerprint density at radius 2 is 1.60 bits per heavy atom. The van der Waals surface area contributed by atoms with Crippen LogP contribution in [0.25, 0.3) is 0 Å². The molecule has 0 spiro atoms. The first-order valence-corrected chi connectivity index (χ1v) is 3.33. The van der Waals surface area contributed by atoms with Crippen molar-refractivity contribution < 1.29 is 30.7 Å². The zero-order chi connectivity index (χ0) is 8.36. The zero-order valence-corrected chi connectivity index (χ0v) is 5.20. The van der Waals surface area contributed by atoms with Crippen LogP contribution in [0.15, 0.2) is 0 Å². The molecular weight excluding hydrogens is 182 g/mol. The lowest BCUT2D eigenvalue weighted by atomic mass is 10.7. The minimum absolute atomic E-state index is 2.50. The van der Waals surface area contributed by atoms with Crippen molar-refractivity contribution >= 4 is 7.99 Å². The van der Waals surface area contributed by atoms with Crippen LogP contribution in [0.2, 0.25) is 0 Å². The predicted molar refractivity (Wildman–Crippen MR) is 21.8 cm³/mol. The first-order chi connectivity index (χ1) is 4.33. The van der Waals surface area contributed by atoms with E-state index < -0.39 is 20.8 Å². The fourth-order valence-electron chi connectivity index (χ4n) is 0.163. The van der Waals surface area contributed by atoms with Crippen molar-refractivity contribution in [1.29, 1.82) is 0 Å². The predicted octanol–water partition coefficient (Wildman–Crippen LogP) is 2.61. The highest BCUT2D eigenvalue weighted by Crippen LogP contribution is 2.52. The number of alkyl halides is 3. The minimum atomic E-state index is -6.13. The van der Waals surface area contributed by atoms with Crippen LogP contribution >= 0.6 is 7.99 Å². The Balaban J connectivity index is 3.80. The van der Waals surface area contributed by atoms with Gasteiger partial charge in [-0.05, 0) is 0 Å². The lowest BCUT2D eigenvalue weighted by molar-refractivity contribution is -0.0729. The standard InChI is InChI=1S/C2H2F5O2P/c3-1(4)2(5)9-10(6,7)8/h1-2H. The van der Waals surface area contributed by atoms with Gasteiger partial charge in [0, 0.05) is 0 Å². The van der Waals surface area contributed by atoms with Gasteiger partial charge in [0.05, 0.1) is 0 Å². The molecule has 0 heterocycles. The highest BCUT2D eigenvalue weighted by molar-refractivity contribution is 7.47. The molecule has 0 aliphatic carbocycles. The topological polar surface area (TPSA) is 26.3 Å². The molecule has 0 fully saturated rings. The molecule has 0 saturated carbocycles. The van der Waals surface area contributed by atoms with Gasteiger partial charge < -0.3 is 0 Å². The molecule has 0 radical (unpaired) electrons. The summed E-state index contributed by atoms with van der Waals surface area (Å²) in [5, 5.41) is 0. The Hall–Kier alpha value is -0.160. The Bertz CT molecular complexity index is 143. The van der Waals surface area contributed by atoms with Crippen LogP contribution in [0.1, 0.15) is 0 Å². The molecule has 0 aliphatic heterocycles. The number of hydrogen-bond donors (Lipinski definition) is 0. The maximum atomic E-state index is 11.4. The smallest absolute Gasteiger partial charge is 0.239 e. The van der Waals surface area contributed by atoms with Crippen molar-refractivity contribution in [3.8, 4) is 0 Å². The number of halogens is 5. The first-order valence-electron chi connectivity index (χ1n) is 1.93. The molecule has 0 rings (SSSR count). The quantitative estimate of drug-likeness (QED) is 0.497. The Kier molecular flexibility index (Phi) is 3.24. The van der Waals surface area contributed by atoms with Crippen molar-refractivity contribution in [3.05, 3.63) is 0 Å². The number of hydrogen-bond acceptors (Lipinski definition) is 2. The summed E-state index contributed by atoms with van der Waals surface area (Å²) in [4.78, 5) is 0. The van der Waals surface area contributed by atoms with Crippen LogP contribution in [0.4, 0.5) is 21.6 Å². The Labute approximate surface area is 52.7 Å². The van der Waals surface area contributed by atoms with Crippen molar-refractivity contribution in [2.75, 3.05) is 0 Å². The van der Waals surface area contributed by atoms with E-state index in [0.29, 0.717) is 0 Å². The summed E-state index contributed by atoms with van der Waals surface area (Å²) >= 11 is 0. The van der Waals surface area contributed by atoms with Crippen LogP contribution in [0.5, 0.6) is 0 Å². The second-order valence-corrected chi connectivity index (χ2v) is 2.25. The van der Waals surface area contributed by atoms with Gasteiger partial charge in [0.2, 0.25) is 0 Å². The molecule has 1 atom stereocenters. The molecule has 0 aromatic rings. The molecule has 0 saturated heterocycles. The van der Waals surface area contributed by atoms with Gasteiger partial charge in [-0.25, -0.2) is 22.3 Å². The summed E-state index contributed by atoms with van der Waals surface area (Å²) in [6.07, 6.45) is -7.19. The average Bonchev–Trinajstić information content (AvgIpc) is 1.60. The van der Waals surface area contributed by atoms with Gasteiger partial charge in [-0.2, -0.15) is 0 Å². The molecular formula is C2H2F5O2P. The maximum Gasteiger partial charge on any atom is 0.554 e. The largest absolute Gasteiger partial charge is 0.554 e. The third-order valence-electron chi connectivity index (χ3n) is 0.422. The molecule has 2 nitrogen and oxygen atoms in total. The molecule has 0 N–H and O–H groups in total. The monoisotopic (exact) mass is 184 g/mol. The van der Waals surface area contributed by atoms with E-state index in [4.69, 9.17) is 0 Å². The molecule has 0 aromatic heterocycles. The van der Waals surface area contributed by atoms with E-state index in [2.05, 4.69) is 4.52 Å². The summed E-state index contributed by atoms with van der Waals surface area (Å²) in [6.45, 7) is 0. The fourth-order valence-corrected chi connectivity index (χ4v) is 0.490. The minimum Gasteiger partial charge on any atom is -0.239 e. The Morgan fingerprint density at radius 3 is 1.70 bits per heavy atom. The fraction of sp³-hybridized carbons (Fsp3) is 1.00. The van der Waals surface area contributed by atoms with Gasteiger partial charge in [0.15, 0.2) is 0 Å². The third kappa shape index (κ3) is 4.69. The SMILES string of the molecule is O=P(F)(F)OC(F)C(F)F. The van der Waals surface area contributed by atoms with Crippen LogP contribution in [-0.4, -0.2) is 12.8 Å². The highest BCUT2D eigenvalue weighted by atomic mass is 31.2. The van der Waals surface area contributed by atoms with Crippen LogP contribution in [0, 0.1) is 0 Å². The van der Waals surface area contributed by atoms with Crippen molar-refractivity contribution in [2.24, 2.45) is 0 Å². The van der Waals surface area contributed by atoms with Gasteiger partial charge in [-0.15, -0.1) is 8.39 Å². The van der Waals surface area contributed by atoms with Crippen LogP contribution in [-0.2, 0) is 9.09 Å². The third-order valence-corrected chi connectivity index (χ3v) is 0.868. The van der Waals surface area contributed by atoms with Crippen LogP contribution < -0.4 is 0 Å². The van der Waals surface area contributed by atoms with E-state index >= 15 is 0 Å². The van der Waals surface area contributed by atoms with Crippen molar-refractivity contribution in [1.82, 2.24) is 0 Å². The van der Waals surface area contributed by atoms with Crippen LogP contribution in [0.3, 0.4) is 0 Å². The van der Waals surface area contributed by atoms with Gasteiger partial charge in [0.1, 0.15) is 0 Å². The Morgan fingerprint density at radius 1 is 1.20 bits per heavy atom. The summed E-state index contributed by atoms with van der Waals surface area (Å²) in [5.41, 5.74) is 0. The van der Waals surface area contributed by atoms with E-state index in [1.54, 1.807) is 0 Å². The average molecular weight is 184 g/mol. The summed E-state index contributed by atoms with van der Waals surface area (Å²) < 4.78 is 67.3. The van der Waals surface area contributed by atoms with E-state index in [0.717, 1.165) is 0 Å². The lowest BCUT2D eigenvalue weighted by Crippen LogP contribution is -2.12. The van der Waals surface area contributed by atoms with Gasteiger partial charge in [-0.1, -0.05) is 0 Å². The summed E-state index contributed by atoms with van der Waals surface area (Å²) in [7, 11) is -6.13. The van der Waals surface area contributed by atoms with Gasteiger partial charge >= 0.3 is 7.99 Å². The van der Waals surface area contributed by atoms with Gasteiger partial charge in [-0.3, -0.25) is 0 Å². The molecule has 0 amide bonds. The van der Waals surface area contributed by atoms with Crippen molar-refractivity contribution in [2.45, 2.75) is 12.8 Å². The summed E-state index contributed by atoms with van der Waals surface area (Å²) in [5.74, 6) is 0. The zero-order valence-electron chi connectivity index (χ0n) is 4.31. The second-order valence-electron chi connectivity index (χ2n) is 1.21. The normalized spacial score (nSPS) is 15.8. The van der Waals surface area contributed by atoms with Crippen molar-refractivity contribution in [3.63, 3.8) is 0 Å². The lowest BCUT2D eigenvalue weighted by Gasteiger charge is -2.04. The summed E-state index contributed by atoms with van der Waals surface area (Å²) in [6, 6.07) is 0. The molecule has 0 aliphatic rings. The second kappa shape index (κ2) is 3.30. The molecule has 0 bridgehead atoms. The molecule has 1 unspecified atom stereocenters. The van der Waals surface area contributed by atoms with E-state index in [-0.39, 0.29) is 0 Å². The highest BCUT2D eigenvalue weighted by Gasteiger charge is 2.32. The van der Waals surface area contributed by atoms with E-state index in [1.165, 1.54) is 0 Å². The molecule has 0 aromatic carbocycles. The number of rotatable bonds is 3. The first kappa shape index (κ1) is 9.84. The van der Waals surface area contributed by atoms with E-state index in [1.807, 2.05) is 0 Å². The van der Waals surface area contributed by atoms with E-state index in [9.17, 15) is 26.1 Å². The molecule has 62 valence electrons. The maximum absolute atomic E-state index is 11.4. The molecule has 8 heteroatoms.